The maximum atomic E-state index is 11.8. The topological polar surface area (TPSA) is 96.5 Å². The molecule has 21 heavy (non-hydrogen) atoms. The van der Waals surface area contributed by atoms with Gasteiger partial charge >= 0.3 is 5.97 Å². The molecule has 0 bridgehead atoms. The molecule has 0 saturated carbocycles. The summed E-state index contributed by atoms with van der Waals surface area (Å²) in [6, 6.07) is -0.598. The average molecular weight is 323 g/mol. The average Bonchev–Trinajstić information content (AvgIpc) is 2.88. The first-order valence-electron chi connectivity index (χ1n) is 6.26. The molecule has 1 amide bonds. The fraction of sp³-hybridized carbons (Fsp3) is 0.308. The number of carboxylic acids is 1. The second-order valence-corrected chi connectivity index (χ2v) is 7.10. The van der Waals surface area contributed by atoms with Crippen molar-refractivity contribution in [2.75, 3.05) is 5.75 Å². The number of carboxylic acid groups (broad SMARTS) is 1. The molecule has 1 aromatic heterocycles. The van der Waals surface area contributed by atoms with Crippen LogP contribution in [-0.4, -0.2) is 44.0 Å². The summed E-state index contributed by atoms with van der Waals surface area (Å²) in [5, 5.41) is 10.1. The summed E-state index contributed by atoms with van der Waals surface area (Å²) in [5.74, 6) is -0.900. The van der Waals surface area contributed by atoms with Gasteiger partial charge < -0.3 is 10.8 Å². The fourth-order valence-electron chi connectivity index (χ4n) is 2.31. The first kappa shape index (κ1) is 14.3. The van der Waals surface area contributed by atoms with Crippen LogP contribution in [0.4, 0.5) is 0 Å². The number of nitrogens with zero attached hydrogens (tertiary/aromatic N) is 2. The number of aromatic nitrogens is 1. The summed E-state index contributed by atoms with van der Waals surface area (Å²) in [4.78, 5) is 29.7. The van der Waals surface area contributed by atoms with Crippen LogP contribution in [0.3, 0.4) is 0 Å². The predicted molar refractivity (Wildman–Crippen MR) is 81.6 cm³/mol. The van der Waals surface area contributed by atoms with Crippen molar-refractivity contribution in [3.05, 3.63) is 33.4 Å². The zero-order valence-electron chi connectivity index (χ0n) is 11.1. The first-order chi connectivity index (χ1) is 9.99. The van der Waals surface area contributed by atoms with Crippen LogP contribution in [0.15, 0.2) is 23.5 Å². The molecule has 2 atom stereocenters. The van der Waals surface area contributed by atoms with Crippen LogP contribution >= 0.6 is 23.1 Å². The highest BCUT2D eigenvalue weighted by Crippen LogP contribution is 2.39. The molecule has 2 aliphatic heterocycles. The van der Waals surface area contributed by atoms with Crippen LogP contribution in [0.1, 0.15) is 9.88 Å². The zero-order valence-corrected chi connectivity index (χ0v) is 12.8. The van der Waals surface area contributed by atoms with Gasteiger partial charge in [-0.3, -0.25) is 9.69 Å². The minimum atomic E-state index is -1.10. The third-order valence-electron chi connectivity index (χ3n) is 3.33. The molecular formula is C13H13N3O3S2. The maximum absolute atomic E-state index is 11.8. The normalized spacial score (nSPS) is 25.2. The van der Waals surface area contributed by atoms with E-state index in [1.807, 2.05) is 13.0 Å². The molecule has 1 aromatic rings. The third-order valence-corrected chi connectivity index (χ3v) is 5.53. The van der Waals surface area contributed by atoms with E-state index in [-0.39, 0.29) is 17.0 Å². The minimum absolute atomic E-state index is 0.0444. The van der Waals surface area contributed by atoms with E-state index in [0.29, 0.717) is 11.3 Å². The second kappa shape index (κ2) is 5.28. The number of thioether (sulfide) groups is 1. The molecule has 3 heterocycles. The lowest BCUT2D eigenvalue weighted by Crippen LogP contribution is -2.68. The Kier molecular flexibility index (Phi) is 3.60. The molecule has 1 fully saturated rings. The number of carbonyl (C=O) groups is 2. The Hall–Kier alpha value is -1.64. The number of nitrogens with two attached hydrogens (primary N) is 1. The van der Waals surface area contributed by atoms with Crippen molar-refractivity contribution < 1.29 is 14.7 Å². The van der Waals surface area contributed by atoms with Gasteiger partial charge in [-0.1, -0.05) is 6.08 Å². The van der Waals surface area contributed by atoms with Crippen molar-refractivity contribution in [3.8, 4) is 0 Å². The fourth-order valence-corrected chi connectivity index (χ4v) is 4.26. The summed E-state index contributed by atoms with van der Waals surface area (Å²) in [7, 11) is 0. The number of carbonyl (C=O) groups excluding carboxylic acids is 1. The number of fused-ring (bicyclic) bond motifs is 1. The van der Waals surface area contributed by atoms with E-state index in [4.69, 9.17) is 5.73 Å². The Morgan fingerprint density at radius 3 is 2.95 bits per heavy atom. The van der Waals surface area contributed by atoms with Crippen LogP contribution in [0.25, 0.3) is 6.08 Å². The lowest BCUT2D eigenvalue weighted by atomic mass is 10.0. The van der Waals surface area contributed by atoms with Gasteiger partial charge in [-0.15, -0.1) is 23.1 Å². The van der Waals surface area contributed by atoms with E-state index < -0.39 is 12.0 Å². The van der Waals surface area contributed by atoms with Gasteiger partial charge in [0.1, 0.15) is 17.1 Å². The highest BCUT2D eigenvalue weighted by molar-refractivity contribution is 8.00. The monoisotopic (exact) mass is 323 g/mol. The van der Waals surface area contributed by atoms with Crippen molar-refractivity contribution in [1.29, 1.82) is 0 Å². The van der Waals surface area contributed by atoms with E-state index >= 15 is 0 Å². The molecule has 0 aliphatic carbocycles. The van der Waals surface area contributed by atoms with Crippen LogP contribution < -0.4 is 5.73 Å². The Bertz CT molecular complexity index is 680. The van der Waals surface area contributed by atoms with E-state index in [1.165, 1.54) is 28.0 Å². The quantitative estimate of drug-likeness (QED) is 0.807. The van der Waals surface area contributed by atoms with Gasteiger partial charge in [0, 0.05) is 16.8 Å². The molecular weight excluding hydrogens is 310 g/mol. The molecule has 6 nitrogen and oxygen atoms in total. The molecule has 3 N–H and O–H groups in total. The van der Waals surface area contributed by atoms with Gasteiger partial charge in [-0.05, 0) is 18.6 Å². The number of rotatable bonds is 3. The van der Waals surface area contributed by atoms with Crippen LogP contribution in [0, 0.1) is 6.92 Å². The Morgan fingerprint density at radius 1 is 1.57 bits per heavy atom. The minimum Gasteiger partial charge on any atom is -0.477 e. The number of aliphatic carboxylic acids is 1. The van der Waals surface area contributed by atoms with Crippen LogP contribution in [-0.2, 0) is 9.59 Å². The van der Waals surface area contributed by atoms with E-state index in [0.717, 1.165) is 9.88 Å². The van der Waals surface area contributed by atoms with Gasteiger partial charge in [0.2, 0.25) is 5.91 Å². The first-order valence-corrected chi connectivity index (χ1v) is 8.13. The van der Waals surface area contributed by atoms with Gasteiger partial charge in [0.05, 0.1) is 5.01 Å². The lowest BCUT2D eigenvalue weighted by Gasteiger charge is -2.47. The van der Waals surface area contributed by atoms with E-state index in [2.05, 4.69) is 4.98 Å². The summed E-state index contributed by atoms with van der Waals surface area (Å²) in [6.07, 6.45) is 5.31. The largest absolute Gasteiger partial charge is 0.477 e. The van der Waals surface area contributed by atoms with E-state index in [1.54, 1.807) is 12.3 Å². The molecule has 2 aliphatic rings. The zero-order chi connectivity index (χ0) is 15.1. The summed E-state index contributed by atoms with van der Waals surface area (Å²) < 4.78 is 0. The maximum Gasteiger partial charge on any atom is 0.352 e. The molecule has 0 spiro atoms. The molecule has 3 rings (SSSR count). The number of hydrogen-bond donors (Lipinski definition) is 2. The molecule has 0 aromatic carbocycles. The van der Waals surface area contributed by atoms with Crippen molar-refractivity contribution in [3.63, 3.8) is 0 Å². The molecule has 0 radical (unpaired) electrons. The second-order valence-electron chi connectivity index (χ2n) is 4.73. The highest BCUT2D eigenvalue weighted by atomic mass is 32.2. The summed E-state index contributed by atoms with van der Waals surface area (Å²) in [5.41, 5.74) is 6.36. The number of β-lactam (4-membered cyclic amide) rings is 1. The highest BCUT2D eigenvalue weighted by Gasteiger charge is 2.51. The van der Waals surface area contributed by atoms with Crippen molar-refractivity contribution in [1.82, 2.24) is 9.88 Å². The number of amides is 1. The summed E-state index contributed by atoms with van der Waals surface area (Å²) >= 11 is 3.02. The van der Waals surface area contributed by atoms with Gasteiger partial charge in [0.15, 0.2) is 0 Å². The molecule has 1 unspecified atom stereocenters. The van der Waals surface area contributed by atoms with Gasteiger partial charge in [0.25, 0.3) is 0 Å². The SMILES string of the molecule is Cc1ncc(/C=C\C2=C(C(=O)O)N3C(=O)C(N)[C@H]3SC2)s1. The van der Waals surface area contributed by atoms with Crippen LogP contribution in [0.2, 0.25) is 0 Å². The van der Waals surface area contributed by atoms with Gasteiger partial charge in [-0.2, -0.15) is 0 Å². The number of aryl methyl sites for hydroxylation is 1. The molecule has 1 saturated heterocycles. The predicted octanol–water partition coefficient (Wildman–Crippen LogP) is 1.05. The number of hydrogen-bond acceptors (Lipinski definition) is 6. The van der Waals surface area contributed by atoms with Crippen molar-refractivity contribution >= 4 is 41.1 Å². The van der Waals surface area contributed by atoms with Gasteiger partial charge in [-0.25, -0.2) is 9.78 Å². The number of thiazole rings is 1. The Balaban J connectivity index is 1.93. The van der Waals surface area contributed by atoms with Crippen molar-refractivity contribution in [2.24, 2.45) is 5.73 Å². The van der Waals surface area contributed by atoms with Crippen LogP contribution in [0.5, 0.6) is 0 Å². The third kappa shape index (κ3) is 2.39. The Labute approximate surface area is 129 Å². The number of allylic oxidation sites excluding steroid dienone is 1. The Morgan fingerprint density at radius 2 is 2.33 bits per heavy atom. The standard InChI is InChI=1S/C13H13N3O3S2/c1-6-15-4-8(21-6)3-2-7-5-20-12-9(14)11(17)16(12)10(7)13(18)19/h2-4,9,12H,5,14H2,1H3,(H,18,19)/b3-2-/t9?,12-/m1/s1. The molecule has 110 valence electrons. The molecule has 8 heteroatoms. The summed E-state index contributed by atoms with van der Waals surface area (Å²) in [6.45, 7) is 1.91. The lowest BCUT2D eigenvalue weighted by molar-refractivity contribution is -0.147. The van der Waals surface area contributed by atoms with E-state index in [9.17, 15) is 14.7 Å². The smallest absolute Gasteiger partial charge is 0.352 e. The van der Waals surface area contributed by atoms with Crippen molar-refractivity contribution in [2.45, 2.75) is 18.3 Å².